The highest BCUT2D eigenvalue weighted by Crippen LogP contribution is 2.32. The van der Waals surface area contributed by atoms with E-state index in [0.29, 0.717) is 17.2 Å². The maximum Gasteiger partial charge on any atom is 0.345 e. The number of benzene rings is 2. The number of hydrogen-bond donors (Lipinski definition) is 0. The lowest BCUT2D eigenvalue weighted by Crippen LogP contribution is -2.24. The van der Waals surface area contributed by atoms with Gasteiger partial charge in [-0.3, -0.25) is 0 Å². The minimum absolute atomic E-state index is 0.291. The van der Waals surface area contributed by atoms with Gasteiger partial charge in [0.15, 0.2) is 0 Å². The number of fused-ring (bicyclic) bond motifs is 1. The third kappa shape index (κ3) is 4.98. The average Bonchev–Trinajstić information content (AvgIpc) is 3.24. The van der Waals surface area contributed by atoms with Crippen LogP contribution in [0.3, 0.4) is 0 Å². The van der Waals surface area contributed by atoms with Crippen molar-refractivity contribution >= 4 is 60.4 Å². The maximum absolute atomic E-state index is 12.9. The first-order chi connectivity index (χ1) is 16.1. The summed E-state index contributed by atoms with van der Waals surface area (Å²) in [5.74, 6) is 0. The van der Waals surface area contributed by atoms with Crippen molar-refractivity contribution in [3.8, 4) is 11.3 Å². The van der Waals surface area contributed by atoms with Crippen LogP contribution in [0.15, 0.2) is 82.3 Å². The van der Waals surface area contributed by atoms with E-state index in [9.17, 15) is 4.79 Å². The summed E-state index contributed by atoms with van der Waals surface area (Å²) in [6, 6.07) is 15.8. The van der Waals surface area contributed by atoms with E-state index in [1.54, 1.807) is 6.21 Å². The molecule has 2 aromatic heterocycles. The molecule has 0 unspecified atom stereocenters. The Hall–Kier alpha value is -2.29. The summed E-state index contributed by atoms with van der Waals surface area (Å²) in [6.45, 7) is 0. The molecule has 5 nitrogen and oxygen atoms in total. The Morgan fingerprint density at radius 2 is 1.76 bits per heavy atom. The van der Waals surface area contributed by atoms with Crippen molar-refractivity contribution in [2.45, 2.75) is 38.1 Å². The molecule has 0 saturated heterocycles. The summed E-state index contributed by atoms with van der Waals surface area (Å²) >= 11 is 8.46. The lowest BCUT2D eigenvalue weighted by molar-refractivity contribution is 0.350. The smallest absolute Gasteiger partial charge is 0.345 e. The maximum atomic E-state index is 12.9. The molecule has 0 amide bonds. The molecule has 0 spiro atoms. The van der Waals surface area contributed by atoms with Crippen LogP contribution in [0.25, 0.3) is 22.2 Å². The average molecular weight is 587 g/mol. The summed E-state index contributed by atoms with van der Waals surface area (Å²) in [5.41, 5.74) is 2.62. The molecule has 33 heavy (non-hydrogen) atoms. The third-order valence-electron chi connectivity index (χ3n) is 5.87. The predicted molar refractivity (Wildman–Crippen MR) is 141 cm³/mol. The third-order valence-corrected chi connectivity index (χ3v) is 7.72. The van der Waals surface area contributed by atoms with Crippen LogP contribution in [-0.2, 0) is 0 Å². The van der Waals surface area contributed by atoms with Gasteiger partial charge in [0.2, 0.25) is 4.80 Å². The first-order valence-electron chi connectivity index (χ1n) is 10.8. The number of aromatic nitrogens is 1. The Labute approximate surface area is 211 Å². The van der Waals surface area contributed by atoms with E-state index in [2.05, 4.69) is 46.6 Å². The number of rotatable bonds is 4. The second kappa shape index (κ2) is 9.91. The van der Waals surface area contributed by atoms with Gasteiger partial charge >= 0.3 is 5.63 Å². The highest BCUT2D eigenvalue weighted by Gasteiger charge is 2.22. The second-order valence-corrected chi connectivity index (χ2v) is 10.8. The zero-order chi connectivity index (χ0) is 22.8. The van der Waals surface area contributed by atoms with Crippen molar-refractivity contribution < 1.29 is 4.42 Å². The Kier molecular flexibility index (Phi) is 6.76. The van der Waals surface area contributed by atoms with Gasteiger partial charge in [-0.1, -0.05) is 63.3 Å². The monoisotopic (exact) mass is 585 g/mol. The molecule has 4 aromatic rings. The van der Waals surface area contributed by atoms with E-state index >= 15 is 0 Å². The molecule has 1 aliphatic rings. The largest absolute Gasteiger partial charge is 0.422 e. The normalized spacial score (nSPS) is 15.6. The molecule has 1 saturated carbocycles. The SMILES string of the molecule is O=c1oc2ccc(Br)cc2cc1-c1cs/c(=N\N=C\c2ccc(Br)cc2)n1C1CCCCC1. The molecule has 2 heterocycles. The number of nitrogens with zero attached hydrogens (tertiary/aromatic N) is 3. The van der Waals surface area contributed by atoms with Gasteiger partial charge in [-0.25, -0.2) is 4.79 Å². The van der Waals surface area contributed by atoms with Crippen LogP contribution in [0.1, 0.15) is 43.7 Å². The van der Waals surface area contributed by atoms with Crippen LogP contribution in [-0.4, -0.2) is 10.8 Å². The van der Waals surface area contributed by atoms with Gasteiger partial charge in [0, 0.05) is 25.8 Å². The zero-order valence-corrected chi connectivity index (χ0v) is 21.7. The minimum Gasteiger partial charge on any atom is -0.422 e. The van der Waals surface area contributed by atoms with Crippen molar-refractivity contribution in [3.63, 3.8) is 0 Å². The number of hydrogen-bond acceptors (Lipinski definition) is 5. The Morgan fingerprint density at radius 3 is 2.55 bits per heavy atom. The van der Waals surface area contributed by atoms with E-state index in [-0.39, 0.29) is 5.63 Å². The molecule has 0 aliphatic heterocycles. The van der Waals surface area contributed by atoms with Gasteiger partial charge < -0.3 is 8.98 Å². The van der Waals surface area contributed by atoms with Gasteiger partial charge in [-0.2, -0.15) is 5.10 Å². The van der Waals surface area contributed by atoms with Gasteiger partial charge in [0.25, 0.3) is 0 Å². The van der Waals surface area contributed by atoms with Crippen LogP contribution in [0.5, 0.6) is 0 Å². The van der Waals surface area contributed by atoms with Crippen LogP contribution < -0.4 is 10.4 Å². The van der Waals surface area contributed by atoms with E-state index in [4.69, 9.17) is 4.42 Å². The quantitative estimate of drug-likeness (QED) is 0.143. The number of thiazole rings is 1. The van der Waals surface area contributed by atoms with E-state index < -0.39 is 0 Å². The highest BCUT2D eigenvalue weighted by molar-refractivity contribution is 9.10. The summed E-state index contributed by atoms with van der Waals surface area (Å²) in [7, 11) is 0. The Bertz CT molecular complexity index is 1450. The van der Waals surface area contributed by atoms with Gasteiger partial charge in [-0.05, 0) is 54.8 Å². The van der Waals surface area contributed by atoms with Crippen LogP contribution in [0.4, 0.5) is 0 Å². The zero-order valence-electron chi connectivity index (χ0n) is 17.7. The fraction of sp³-hybridized carbons (Fsp3) is 0.240. The van der Waals surface area contributed by atoms with E-state index in [1.165, 1.54) is 30.6 Å². The summed E-state index contributed by atoms with van der Waals surface area (Å²) in [4.78, 5) is 13.7. The predicted octanol–water partition coefficient (Wildman–Crippen LogP) is 7.29. The molecule has 0 N–H and O–H groups in total. The Morgan fingerprint density at radius 1 is 1.00 bits per heavy atom. The minimum atomic E-state index is -0.336. The van der Waals surface area contributed by atoms with Gasteiger partial charge in [0.05, 0.1) is 17.5 Å². The fourth-order valence-corrected chi connectivity index (χ4v) is 5.80. The molecule has 1 fully saturated rings. The van der Waals surface area contributed by atoms with E-state index in [1.807, 2.05) is 53.9 Å². The number of halogens is 2. The molecule has 0 bridgehead atoms. The Balaban J connectivity index is 1.61. The summed E-state index contributed by atoms with van der Waals surface area (Å²) < 4.78 is 9.81. The molecule has 0 atom stereocenters. The second-order valence-electron chi connectivity index (χ2n) is 8.09. The van der Waals surface area contributed by atoms with Crippen LogP contribution >= 0.6 is 43.2 Å². The topological polar surface area (TPSA) is 59.9 Å². The lowest BCUT2D eigenvalue weighted by Gasteiger charge is -2.24. The van der Waals surface area contributed by atoms with Crippen LogP contribution in [0.2, 0.25) is 0 Å². The van der Waals surface area contributed by atoms with Gasteiger partial charge in [0.1, 0.15) is 5.58 Å². The van der Waals surface area contributed by atoms with Crippen LogP contribution in [0, 0.1) is 0 Å². The standard InChI is InChI=1S/C25H21Br2N3O2S/c26-18-8-6-16(7-9-18)14-28-29-25-30(20-4-2-1-3-5-20)22(15-33-25)21-13-17-12-19(27)10-11-23(17)32-24(21)31/h6-15,20H,1-5H2/b28-14+,29-25-. The van der Waals surface area contributed by atoms with Crippen molar-refractivity contribution in [2.75, 3.05) is 0 Å². The molecular weight excluding hydrogens is 566 g/mol. The van der Waals surface area contributed by atoms with Gasteiger partial charge in [-0.15, -0.1) is 16.4 Å². The molecule has 0 radical (unpaired) electrons. The lowest BCUT2D eigenvalue weighted by atomic mass is 9.95. The van der Waals surface area contributed by atoms with Crippen molar-refractivity contribution in [1.29, 1.82) is 0 Å². The molecular formula is C25H21Br2N3O2S. The molecule has 168 valence electrons. The van der Waals surface area contributed by atoms with Crippen molar-refractivity contribution in [3.05, 3.63) is 83.6 Å². The summed E-state index contributed by atoms with van der Waals surface area (Å²) in [6.07, 6.45) is 7.48. The molecule has 8 heteroatoms. The van der Waals surface area contributed by atoms with Crippen molar-refractivity contribution in [1.82, 2.24) is 4.57 Å². The highest BCUT2D eigenvalue weighted by atomic mass is 79.9. The van der Waals surface area contributed by atoms with E-state index in [0.717, 1.165) is 43.2 Å². The molecule has 2 aromatic carbocycles. The molecule has 1 aliphatic carbocycles. The first kappa shape index (κ1) is 22.5. The molecule has 5 rings (SSSR count). The first-order valence-corrected chi connectivity index (χ1v) is 13.3. The summed E-state index contributed by atoms with van der Waals surface area (Å²) in [5, 5.41) is 11.8. The fourth-order valence-electron chi connectivity index (χ4n) is 4.25. The van der Waals surface area contributed by atoms with Crippen molar-refractivity contribution in [2.24, 2.45) is 10.2 Å².